The fourth-order valence-corrected chi connectivity index (χ4v) is 2.10. The molecule has 0 fully saturated rings. The van der Waals surface area contributed by atoms with E-state index in [1.54, 1.807) is 0 Å². The molecule has 0 atom stereocenters. The monoisotopic (exact) mass is 233 g/mol. The van der Waals surface area contributed by atoms with Crippen LogP contribution in [0.5, 0.6) is 0 Å². The summed E-state index contributed by atoms with van der Waals surface area (Å²) in [6.07, 6.45) is 2.07. The number of hydrogen-bond donors (Lipinski definition) is 0. The van der Waals surface area contributed by atoms with Crippen LogP contribution in [0.1, 0.15) is 29.9 Å². The van der Waals surface area contributed by atoms with Gasteiger partial charge in [-0.25, -0.2) is 0 Å². The maximum absolute atomic E-state index is 3.98. The van der Waals surface area contributed by atoms with E-state index in [-0.39, 0.29) is 29.6 Å². The first-order valence-corrected chi connectivity index (χ1v) is 5.81. The van der Waals surface area contributed by atoms with Gasteiger partial charge in [0.1, 0.15) is 0 Å². The Morgan fingerprint density at radius 2 is 1.18 bits per heavy atom. The van der Waals surface area contributed by atoms with Gasteiger partial charge in [-0.15, -0.1) is 0 Å². The molecule has 0 aliphatic rings. The van der Waals surface area contributed by atoms with Crippen LogP contribution >= 0.6 is 0 Å². The average Bonchev–Trinajstić information content (AvgIpc) is 2.38. The molecule has 2 rings (SSSR count). The van der Waals surface area contributed by atoms with Crippen molar-refractivity contribution in [2.75, 3.05) is 0 Å². The van der Waals surface area contributed by atoms with Crippen molar-refractivity contribution in [1.82, 2.24) is 0 Å². The van der Waals surface area contributed by atoms with Crippen LogP contribution < -0.4 is 0 Å². The first kappa shape index (κ1) is 14.5. The van der Waals surface area contributed by atoms with Crippen LogP contribution in [-0.4, -0.2) is 29.6 Å². The summed E-state index contributed by atoms with van der Waals surface area (Å²) in [6, 6.07) is 21.4. The van der Waals surface area contributed by atoms with E-state index in [1.807, 2.05) is 0 Å². The minimum absolute atomic E-state index is 0. The predicted octanol–water partition coefficient (Wildman–Crippen LogP) is 3.78. The van der Waals surface area contributed by atoms with Gasteiger partial charge in [0, 0.05) is 5.92 Å². The van der Waals surface area contributed by atoms with Gasteiger partial charge < -0.3 is 0 Å². The molecule has 17 heavy (non-hydrogen) atoms. The van der Waals surface area contributed by atoms with Crippen LogP contribution in [0, 0.1) is 6.92 Å². The third-order valence-electron chi connectivity index (χ3n) is 2.90. The van der Waals surface area contributed by atoms with Crippen molar-refractivity contribution < 1.29 is 0 Å². The van der Waals surface area contributed by atoms with E-state index < -0.39 is 0 Å². The SMILES string of the molecule is [CH2]CCC(c1ccccc1)c1ccccc1.[NaH]. The molecule has 83 valence electrons. The molecule has 0 aliphatic carbocycles. The summed E-state index contributed by atoms with van der Waals surface area (Å²) >= 11 is 0. The van der Waals surface area contributed by atoms with Crippen molar-refractivity contribution in [2.45, 2.75) is 18.8 Å². The summed E-state index contributed by atoms with van der Waals surface area (Å²) in [5.41, 5.74) is 2.77. The molecule has 0 unspecified atom stereocenters. The van der Waals surface area contributed by atoms with Crippen LogP contribution in [-0.2, 0) is 0 Å². The van der Waals surface area contributed by atoms with Crippen molar-refractivity contribution in [2.24, 2.45) is 0 Å². The van der Waals surface area contributed by atoms with Crippen molar-refractivity contribution in [1.29, 1.82) is 0 Å². The average molecular weight is 233 g/mol. The third-order valence-corrected chi connectivity index (χ3v) is 2.90. The van der Waals surface area contributed by atoms with E-state index in [0.29, 0.717) is 5.92 Å². The standard InChI is InChI=1S/C16H17.Na.H/c1-2-9-16(14-10-5-3-6-11-14)15-12-7-4-8-13-15;;/h3-8,10-13,16H,1-2,9H2;;. The molecule has 0 heterocycles. The van der Waals surface area contributed by atoms with Gasteiger partial charge in [-0.3, -0.25) is 0 Å². The zero-order valence-corrected chi connectivity index (χ0v) is 9.47. The van der Waals surface area contributed by atoms with Crippen LogP contribution in [0.3, 0.4) is 0 Å². The summed E-state index contributed by atoms with van der Waals surface area (Å²) in [4.78, 5) is 0. The number of hydrogen-bond acceptors (Lipinski definition) is 0. The topological polar surface area (TPSA) is 0 Å². The van der Waals surface area contributed by atoms with Crippen LogP contribution in [0.15, 0.2) is 60.7 Å². The number of rotatable bonds is 4. The van der Waals surface area contributed by atoms with Gasteiger partial charge in [0.05, 0.1) is 0 Å². The second-order valence-electron chi connectivity index (χ2n) is 4.02. The molecular weight excluding hydrogens is 215 g/mol. The first-order valence-electron chi connectivity index (χ1n) is 5.81. The molecule has 0 bridgehead atoms. The molecule has 0 spiro atoms. The molecule has 2 aromatic carbocycles. The molecule has 2 aromatic rings. The maximum atomic E-state index is 3.98. The van der Waals surface area contributed by atoms with Gasteiger partial charge in [0.25, 0.3) is 0 Å². The first-order chi connectivity index (χ1) is 7.92. The molecule has 1 radical (unpaired) electrons. The van der Waals surface area contributed by atoms with E-state index in [4.69, 9.17) is 0 Å². The van der Waals surface area contributed by atoms with E-state index in [0.717, 1.165) is 12.8 Å². The zero-order chi connectivity index (χ0) is 11.2. The quantitative estimate of drug-likeness (QED) is 0.705. The Morgan fingerprint density at radius 1 is 0.765 bits per heavy atom. The Labute approximate surface area is 126 Å². The number of benzene rings is 2. The van der Waals surface area contributed by atoms with Gasteiger partial charge in [-0.05, 0) is 17.5 Å². The predicted molar refractivity (Wildman–Crippen MR) is 76.5 cm³/mol. The van der Waals surface area contributed by atoms with E-state index in [9.17, 15) is 0 Å². The van der Waals surface area contributed by atoms with Crippen LogP contribution in [0.25, 0.3) is 0 Å². The van der Waals surface area contributed by atoms with Crippen molar-refractivity contribution in [3.63, 3.8) is 0 Å². The Morgan fingerprint density at radius 3 is 1.53 bits per heavy atom. The van der Waals surface area contributed by atoms with E-state index in [1.165, 1.54) is 11.1 Å². The summed E-state index contributed by atoms with van der Waals surface area (Å²) in [6.45, 7) is 3.98. The van der Waals surface area contributed by atoms with Crippen molar-refractivity contribution in [3.8, 4) is 0 Å². The van der Waals surface area contributed by atoms with Gasteiger partial charge in [0.15, 0.2) is 0 Å². The Bertz CT molecular complexity index is 369. The van der Waals surface area contributed by atoms with E-state index >= 15 is 0 Å². The van der Waals surface area contributed by atoms with Gasteiger partial charge in [-0.1, -0.05) is 74.0 Å². The molecular formula is C16H18Na. The summed E-state index contributed by atoms with van der Waals surface area (Å²) in [7, 11) is 0. The second kappa shape index (κ2) is 7.71. The van der Waals surface area contributed by atoms with Gasteiger partial charge in [-0.2, -0.15) is 0 Å². The molecule has 0 aromatic heterocycles. The normalized spacial score (nSPS) is 10.0. The van der Waals surface area contributed by atoms with Crippen molar-refractivity contribution >= 4 is 29.6 Å². The van der Waals surface area contributed by atoms with Crippen LogP contribution in [0.4, 0.5) is 0 Å². The molecule has 0 N–H and O–H groups in total. The second-order valence-corrected chi connectivity index (χ2v) is 4.02. The Kier molecular flexibility index (Phi) is 6.57. The minimum atomic E-state index is 0. The molecule has 0 nitrogen and oxygen atoms in total. The third kappa shape index (κ3) is 3.99. The molecule has 1 heteroatoms. The molecule has 0 aliphatic heterocycles. The summed E-state index contributed by atoms with van der Waals surface area (Å²) in [5.74, 6) is 0.486. The van der Waals surface area contributed by atoms with Crippen LogP contribution in [0.2, 0.25) is 0 Å². The van der Waals surface area contributed by atoms with E-state index in [2.05, 4.69) is 67.6 Å². The Hall–Kier alpha value is -0.560. The zero-order valence-electron chi connectivity index (χ0n) is 9.47. The Balaban J connectivity index is 0.00000144. The molecule has 0 amide bonds. The fraction of sp³-hybridized carbons (Fsp3) is 0.188. The van der Waals surface area contributed by atoms with Gasteiger partial charge in [0.2, 0.25) is 0 Å². The van der Waals surface area contributed by atoms with Gasteiger partial charge >= 0.3 is 29.6 Å². The molecule has 0 saturated carbocycles. The fourth-order valence-electron chi connectivity index (χ4n) is 2.10. The molecule has 0 saturated heterocycles. The summed E-state index contributed by atoms with van der Waals surface area (Å²) in [5, 5.41) is 0. The summed E-state index contributed by atoms with van der Waals surface area (Å²) < 4.78 is 0. The van der Waals surface area contributed by atoms with Crippen molar-refractivity contribution in [3.05, 3.63) is 78.7 Å².